The summed E-state index contributed by atoms with van der Waals surface area (Å²) in [6.07, 6.45) is 4.51. The maximum absolute atomic E-state index is 9.59. The molecule has 15 heavy (non-hydrogen) atoms. The SMILES string of the molecule is CN(C)CCc1ncc2c(O)cccn12. The topological polar surface area (TPSA) is 40.8 Å². The van der Waals surface area contributed by atoms with Crippen LogP contribution in [-0.4, -0.2) is 40.0 Å². The molecule has 1 N–H and O–H groups in total. The number of hydrogen-bond donors (Lipinski definition) is 1. The van der Waals surface area contributed by atoms with Crippen LogP contribution >= 0.6 is 0 Å². The molecular weight excluding hydrogens is 190 g/mol. The van der Waals surface area contributed by atoms with Crippen molar-refractivity contribution < 1.29 is 5.11 Å². The third kappa shape index (κ3) is 1.94. The van der Waals surface area contributed by atoms with Crippen LogP contribution in [0.1, 0.15) is 5.82 Å². The van der Waals surface area contributed by atoms with E-state index in [-0.39, 0.29) is 5.75 Å². The van der Waals surface area contributed by atoms with E-state index in [1.807, 2.05) is 30.8 Å². The van der Waals surface area contributed by atoms with E-state index in [0.717, 1.165) is 24.3 Å². The van der Waals surface area contributed by atoms with Crippen molar-refractivity contribution in [3.8, 4) is 5.75 Å². The van der Waals surface area contributed by atoms with Crippen molar-refractivity contribution in [2.75, 3.05) is 20.6 Å². The zero-order valence-electron chi connectivity index (χ0n) is 9.01. The molecule has 0 atom stereocenters. The Morgan fingerprint density at radius 3 is 3.00 bits per heavy atom. The number of likely N-dealkylation sites (N-methyl/N-ethyl adjacent to an activating group) is 1. The van der Waals surface area contributed by atoms with Crippen LogP contribution in [0.5, 0.6) is 5.75 Å². The summed E-state index contributed by atoms with van der Waals surface area (Å²) in [6, 6.07) is 3.50. The number of imidazole rings is 1. The van der Waals surface area contributed by atoms with Gasteiger partial charge in [0.15, 0.2) is 0 Å². The van der Waals surface area contributed by atoms with Crippen LogP contribution in [0.4, 0.5) is 0 Å². The van der Waals surface area contributed by atoms with Gasteiger partial charge >= 0.3 is 0 Å². The molecular formula is C11H15N3O. The minimum atomic E-state index is 0.279. The molecule has 80 valence electrons. The second-order valence-electron chi connectivity index (χ2n) is 3.88. The summed E-state index contributed by atoms with van der Waals surface area (Å²) in [5, 5.41) is 9.59. The molecule has 0 spiro atoms. The van der Waals surface area contributed by atoms with Gasteiger partial charge in [-0.05, 0) is 26.2 Å². The molecule has 0 radical (unpaired) electrons. The monoisotopic (exact) mass is 205 g/mol. The maximum atomic E-state index is 9.59. The first-order valence-corrected chi connectivity index (χ1v) is 4.97. The normalized spacial score (nSPS) is 11.4. The number of nitrogens with zero attached hydrogens (tertiary/aromatic N) is 3. The van der Waals surface area contributed by atoms with E-state index >= 15 is 0 Å². The van der Waals surface area contributed by atoms with Gasteiger partial charge in [-0.1, -0.05) is 0 Å². The Morgan fingerprint density at radius 2 is 2.27 bits per heavy atom. The lowest BCUT2D eigenvalue weighted by atomic mass is 10.3. The number of rotatable bonds is 3. The van der Waals surface area contributed by atoms with Gasteiger partial charge < -0.3 is 14.4 Å². The summed E-state index contributed by atoms with van der Waals surface area (Å²) >= 11 is 0. The molecule has 0 aliphatic carbocycles. The fraction of sp³-hybridized carbons (Fsp3) is 0.364. The van der Waals surface area contributed by atoms with Crippen LogP contribution in [0, 0.1) is 0 Å². The predicted molar refractivity (Wildman–Crippen MR) is 59.1 cm³/mol. The summed E-state index contributed by atoms with van der Waals surface area (Å²) in [4.78, 5) is 6.42. The summed E-state index contributed by atoms with van der Waals surface area (Å²) in [5.74, 6) is 1.26. The number of hydrogen-bond acceptors (Lipinski definition) is 3. The summed E-state index contributed by atoms with van der Waals surface area (Å²) in [5.41, 5.74) is 0.770. The van der Waals surface area contributed by atoms with Gasteiger partial charge in [0.05, 0.1) is 6.20 Å². The highest BCUT2D eigenvalue weighted by molar-refractivity contribution is 5.58. The summed E-state index contributed by atoms with van der Waals surface area (Å²) in [7, 11) is 4.07. The third-order valence-corrected chi connectivity index (χ3v) is 2.41. The molecule has 0 bridgehead atoms. The molecule has 0 amide bonds. The van der Waals surface area contributed by atoms with Crippen molar-refractivity contribution in [2.45, 2.75) is 6.42 Å². The lowest BCUT2D eigenvalue weighted by Gasteiger charge is -2.08. The van der Waals surface area contributed by atoms with E-state index < -0.39 is 0 Å². The summed E-state index contributed by atoms with van der Waals surface area (Å²) in [6.45, 7) is 0.953. The Morgan fingerprint density at radius 1 is 1.47 bits per heavy atom. The van der Waals surface area contributed by atoms with Crippen molar-refractivity contribution in [3.05, 3.63) is 30.4 Å². The molecule has 4 nitrogen and oxygen atoms in total. The minimum absolute atomic E-state index is 0.279. The fourth-order valence-corrected chi connectivity index (χ4v) is 1.57. The molecule has 0 saturated heterocycles. The zero-order chi connectivity index (χ0) is 10.8. The quantitative estimate of drug-likeness (QED) is 0.817. The van der Waals surface area contributed by atoms with Crippen molar-refractivity contribution in [3.63, 3.8) is 0 Å². The maximum Gasteiger partial charge on any atom is 0.141 e. The highest BCUT2D eigenvalue weighted by atomic mass is 16.3. The second-order valence-corrected chi connectivity index (χ2v) is 3.88. The molecule has 0 unspecified atom stereocenters. The number of fused-ring (bicyclic) bond motifs is 1. The molecule has 0 aromatic carbocycles. The zero-order valence-corrected chi connectivity index (χ0v) is 9.01. The number of aromatic nitrogens is 2. The predicted octanol–water partition coefficient (Wildman–Crippen LogP) is 1.14. The fourth-order valence-electron chi connectivity index (χ4n) is 1.57. The molecule has 2 aromatic heterocycles. The molecule has 2 rings (SSSR count). The van der Waals surface area contributed by atoms with Crippen molar-refractivity contribution >= 4 is 5.52 Å². The number of pyridine rings is 1. The molecule has 2 aromatic rings. The minimum Gasteiger partial charge on any atom is -0.506 e. The highest BCUT2D eigenvalue weighted by Gasteiger charge is 2.06. The average molecular weight is 205 g/mol. The van der Waals surface area contributed by atoms with Gasteiger partial charge in [0.1, 0.15) is 17.1 Å². The molecule has 0 saturated carbocycles. The number of aromatic hydroxyl groups is 1. The molecule has 4 heteroatoms. The first-order chi connectivity index (χ1) is 7.18. The Hall–Kier alpha value is -1.55. The molecule has 0 fully saturated rings. The van der Waals surface area contributed by atoms with Gasteiger partial charge in [0.2, 0.25) is 0 Å². The lowest BCUT2D eigenvalue weighted by molar-refractivity contribution is 0.409. The molecule has 2 heterocycles. The Bertz CT molecular complexity index is 462. The second kappa shape index (κ2) is 3.90. The Kier molecular flexibility index (Phi) is 2.60. The van der Waals surface area contributed by atoms with Gasteiger partial charge in [-0.2, -0.15) is 0 Å². The molecule has 0 aliphatic rings. The van der Waals surface area contributed by atoms with Gasteiger partial charge in [-0.25, -0.2) is 4.98 Å². The smallest absolute Gasteiger partial charge is 0.141 e. The van der Waals surface area contributed by atoms with E-state index in [1.165, 1.54) is 0 Å². The van der Waals surface area contributed by atoms with Crippen LogP contribution in [0.2, 0.25) is 0 Å². The first kappa shape index (κ1) is 9.98. The van der Waals surface area contributed by atoms with E-state index in [1.54, 1.807) is 12.3 Å². The van der Waals surface area contributed by atoms with Crippen LogP contribution in [0.15, 0.2) is 24.5 Å². The highest BCUT2D eigenvalue weighted by Crippen LogP contribution is 2.18. The van der Waals surface area contributed by atoms with Crippen molar-refractivity contribution in [1.29, 1.82) is 0 Å². The van der Waals surface area contributed by atoms with Gasteiger partial charge in [0, 0.05) is 19.2 Å². The van der Waals surface area contributed by atoms with E-state index in [2.05, 4.69) is 9.88 Å². The third-order valence-electron chi connectivity index (χ3n) is 2.41. The average Bonchev–Trinajstić information content (AvgIpc) is 2.59. The lowest BCUT2D eigenvalue weighted by Crippen LogP contribution is -2.16. The van der Waals surface area contributed by atoms with Gasteiger partial charge in [-0.3, -0.25) is 0 Å². The van der Waals surface area contributed by atoms with Crippen LogP contribution in [-0.2, 0) is 6.42 Å². The van der Waals surface area contributed by atoms with Crippen LogP contribution < -0.4 is 0 Å². The van der Waals surface area contributed by atoms with Gasteiger partial charge in [-0.15, -0.1) is 0 Å². The standard InChI is InChI=1S/C11H15N3O/c1-13(2)7-5-11-12-8-9-10(15)4-3-6-14(9)11/h3-4,6,8,15H,5,7H2,1-2H3. The van der Waals surface area contributed by atoms with Gasteiger partial charge in [0.25, 0.3) is 0 Å². The first-order valence-electron chi connectivity index (χ1n) is 4.97. The van der Waals surface area contributed by atoms with E-state index in [0.29, 0.717) is 0 Å². The Labute approximate surface area is 88.8 Å². The van der Waals surface area contributed by atoms with Crippen molar-refractivity contribution in [2.24, 2.45) is 0 Å². The van der Waals surface area contributed by atoms with E-state index in [9.17, 15) is 5.11 Å². The van der Waals surface area contributed by atoms with Crippen LogP contribution in [0.3, 0.4) is 0 Å². The van der Waals surface area contributed by atoms with Crippen molar-refractivity contribution in [1.82, 2.24) is 14.3 Å². The largest absolute Gasteiger partial charge is 0.506 e. The molecule has 0 aliphatic heterocycles. The van der Waals surface area contributed by atoms with E-state index in [4.69, 9.17) is 0 Å². The van der Waals surface area contributed by atoms with Crippen LogP contribution in [0.25, 0.3) is 5.52 Å². The Balaban J connectivity index is 2.33. The summed E-state index contributed by atoms with van der Waals surface area (Å²) < 4.78 is 1.93.